The maximum absolute atomic E-state index is 12.2. The van der Waals surface area contributed by atoms with Crippen molar-refractivity contribution in [2.45, 2.75) is 56.9 Å². The van der Waals surface area contributed by atoms with Gasteiger partial charge in [0, 0.05) is 19.1 Å². The van der Waals surface area contributed by atoms with E-state index in [-0.39, 0.29) is 17.6 Å². The molecule has 0 radical (unpaired) electrons. The van der Waals surface area contributed by atoms with Gasteiger partial charge in [-0.3, -0.25) is 4.99 Å². The second kappa shape index (κ2) is 10.5. The molecule has 0 heterocycles. The first-order chi connectivity index (χ1) is 12.5. The molecule has 0 atom stereocenters. The molecule has 2 rings (SSSR count). The molecular formula is C19H31N3O3S. The third-order valence-electron chi connectivity index (χ3n) is 4.49. The number of aliphatic imine (C=N–C) groups is 1. The summed E-state index contributed by atoms with van der Waals surface area (Å²) in [5.74, 6) is 0.954. The Morgan fingerprint density at radius 2 is 1.88 bits per heavy atom. The van der Waals surface area contributed by atoms with Crippen LogP contribution in [0.4, 0.5) is 0 Å². The zero-order valence-electron chi connectivity index (χ0n) is 15.5. The third kappa shape index (κ3) is 7.74. The number of hydrogen-bond acceptors (Lipinski definition) is 4. The van der Waals surface area contributed by atoms with Crippen molar-refractivity contribution >= 4 is 15.8 Å². The Morgan fingerprint density at radius 1 is 1.19 bits per heavy atom. The summed E-state index contributed by atoms with van der Waals surface area (Å²) >= 11 is 0. The van der Waals surface area contributed by atoms with Crippen LogP contribution >= 0.6 is 0 Å². The highest BCUT2D eigenvalue weighted by atomic mass is 32.2. The van der Waals surface area contributed by atoms with Crippen molar-refractivity contribution in [1.29, 1.82) is 0 Å². The Balaban J connectivity index is 1.78. The Hall–Kier alpha value is -1.60. The lowest BCUT2D eigenvalue weighted by atomic mass is 9.93. The number of sulfone groups is 1. The fourth-order valence-electron chi connectivity index (χ4n) is 3.11. The fourth-order valence-corrected chi connectivity index (χ4v) is 4.52. The molecule has 1 fully saturated rings. The van der Waals surface area contributed by atoms with Gasteiger partial charge in [-0.2, -0.15) is 0 Å². The van der Waals surface area contributed by atoms with Gasteiger partial charge >= 0.3 is 0 Å². The molecule has 26 heavy (non-hydrogen) atoms. The molecule has 7 heteroatoms. The van der Waals surface area contributed by atoms with Crippen molar-refractivity contribution < 1.29 is 13.5 Å². The summed E-state index contributed by atoms with van der Waals surface area (Å²) in [5.41, 5.74) is 0.825. The van der Waals surface area contributed by atoms with Crippen LogP contribution in [0.25, 0.3) is 0 Å². The standard InChI is InChI=1S/C19H31N3O3S/c1-2-20-19(22-17-9-11-18(23)12-10-17)21-13-6-14-26(24,25)15-16-7-4-3-5-8-16/h3-5,7-8,17-18,23H,2,6,9-15H2,1H3,(H2,20,21,22). The summed E-state index contributed by atoms with van der Waals surface area (Å²) in [7, 11) is -3.12. The third-order valence-corrected chi connectivity index (χ3v) is 6.18. The van der Waals surface area contributed by atoms with Crippen LogP contribution in [0, 0.1) is 0 Å². The van der Waals surface area contributed by atoms with E-state index < -0.39 is 9.84 Å². The van der Waals surface area contributed by atoms with Crippen LogP contribution in [-0.4, -0.2) is 50.5 Å². The SMILES string of the molecule is CCNC(=NCCCS(=O)(=O)Cc1ccccc1)NC1CCC(O)CC1. The van der Waals surface area contributed by atoms with Crippen LogP contribution in [0.1, 0.15) is 44.6 Å². The van der Waals surface area contributed by atoms with Crippen LogP contribution in [0.15, 0.2) is 35.3 Å². The zero-order chi connectivity index (χ0) is 18.8. The van der Waals surface area contributed by atoms with E-state index in [1.54, 1.807) is 0 Å². The van der Waals surface area contributed by atoms with E-state index in [4.69, 9.17) is 0 Å². The predicted molar refractivity (Wildman–Crippen MR) is 106 cm³/mol. The van der Waals surface area contributed by atoms with Crippen LogP contribution < -0.4 is 10.6 Å². The minimum absolute atomic E-state index is 0.0836. The van der Waals surface area contributed by atoms with E-state index in [1.807, 2.05) is 37.3 Å². The summed E-state index contributed by atoms with van der Waals surface area (Å²) in [6, 6.07) is 9.58. The van der Waals surface area contributed by atoms with Gasteiger partial charge in [-0.25, -0.2) is 8.42 Å². The summed E-state index contributed by atoms with van der Waals surface area (Å²) in [6.45, 7) is 3.23. The second-order valence-electron chi connectivity index (χ2n) is 6.84. The average molecular weight is 382 g/mol. The minimum Gasteiger partial charge on any atom is -0.393 e. The Kier molecular flexibility index (Phi) is 8.38. The number of aliphatic hydroxyl groups excluding tert-OH is 1. The average Bonchev–Trinajstić information content (AvgIpc) is 2.61. The van der Waals surface area contributed by atoms with Crippen molar-refractivity contribution in [3.05, 3.63) is 35.9 Å². The highest BCUT2D eigenvalue weighted by Gasteiger charge is 2.20. The number of hydrogen-bond donors (Lipinski definition) is 3. The highest BCUT2D eigenvalue weighted by Crippen LogP contribution is 2.18. The number of nitrogens with one attached hydrogen (secondary N) is 2. The molecule has 0 saturated heterocycles. The summed E-state index contributed by atoms with van der Waals surface area (Å²) < 4.78 is 24.4. The van der Waals surface area contributed by atoms with Crippen molar-refractivity contribution in [2.24, 2.45) is 4.99 Å². The first-order valence-corrected chi connectivity index (χ1v) is 11.3. The lowest BCUT2D eigenvalue weighted by Crippen LogP contribution is -2.45. The van der Waals surface area contributed by atoms with E-state index in [2.05, 4.69) is 15.6 Å². The molecule has 146 valence electrons. The van der Waals surface area contributed by atoms with Crippen LogP contribution in [-0.2, 0) is 15.6 Å². The quantitative estimate of drug-likeness (QED) is 0.363. The number of nitrogens with zero attached hydrogens (tertiary/aromatic N) is 1. The van der Waals surface area contributed by atoms with Crippen molar-refractivity contribution in [2.75, 3.05) is 18.8 Å². The molecule has 1 saturated carbocycles. The van der Waals surface area contributed by atoms with E-state index >= 15 is 0 Å². The van der Waals surface area contributed by atoms with Gasteiger partial charge < -0.3 is 15.7 Å². The van der Waals surface area contributed by atoms with Gasteiger partial charge in [-0.05, 0) is 44.6 Å². The monoisotopic (exact) mass is 381 g/mol. The molecule has 6 nitrogen and oxygen atoms in total. The normalized spacial score (nSPS) is 21.4. The number of rotatable bonds is 8. The summed E-state index contributed by atoms with van der Waals surface area (Å²) in [6.07, 6.45) is 3.81. The Morgan fingerprint density at radius 3 is 2.54 bits per heavy atom. The van der Waals surface area contributed by atoms with E-state index in [0.29, 0.717) is 19.0 Å². The van der Waals surface area contributed by atoms with Crippen LogP contribution in [0.2, 0.25) is 0 Å². The molecule has 0 aromatic heterocycles. The van der Waals surface area contributed by atoms with Gasteiger partial charge in [0.25, 0.3) is 0 Å². The number of benzene rings is 1. The van der Waals surface area contributed by atoms with Crippen molar-refractivity contribution in [3.63, 3.8) is 0 Å². The Labute approximate surface area is 157 Å². The largest absolute Gasteiger partial charge is 0.393 e. The molecule has 0 amide bonds. The topological polar surface area (TPSA) is 90.8 Å². The molecule has 0 unspecified atom stereocenters. The fraction of sp³-hybridized carbons (Fsp3) is 0.632. The Bertz CT molecular complexity index is 654. The molecule has 1 aliphatic rings. The molecule has 0 spiro atoms. The van der Waals surface area contributed by atoms with E-state index in [0.717, 1.165) is 43.8 Å². The van der Waals surface area contributed by atoms with Gasteiger partial charge in [0.1, 0.15) is 0 Å². The first kappa shape index (κ1) is 20.7. The number of aliphatic hydroxyl groups is 1. The highest BCUT2D eigenvalue weighted by molar-refractivity contribution is 7.90. The van der Waals surface area contributed by atoms with Crippen LogP contribution in [0.5, 0.6) is 0 Å². The maximum atomic E-state index is 12.2. The minimum atomic E-state index is -3.12. The molecule has 1 aromatic carbocycles. The van der Waals surface area contributed by atoms with Gasteiger partial charge in [0.15, 0.2) is 15.8 Å². The van der Waals surface area contributed by atoms with Crippen molar-refractivity contribution in [3.8, 4) is 0 Å². The molecule has 0 aliphatic heterocycles. The summed E-state index contributed by atoms with van der Waals surface area (Å²) in [5, 5.41) is 16.2. The van der Waals surface area contributed by atoms with Gasteiger partial charge in [-0.1, -0.05) is 30.3 Å². The van der Waals surface area contributed by atoms with Gasteiger partial charge in [0.05, 0.1) is 17.6 Å². The first-order valence-electron chi connectivity index (χ1n) is 9.46. The molecule has 3 N–H and O–H groups in total. The van der Waals surface area contributed by atoms with Gasteiger partial charge in [0.2, 0.25) is 0 Å². The molecule has 0 bridgehead atoms. The molecule has 1 aromatic rings. The van der Waals surface area contributed by atoms with E-state index in [1.165, 1.54) is 0 Å². The lowest BCUT2D eigenvalue weighted by molar-refractivity contribution is 0.120. The number of guanidine groups is 1. The molecular weight excluding hydrogens is 350 g/mol. The summed E-state index contributed by atoms with van der Waals surface area (Å²) in [4.78, 5) is 4.50. The van der Waals surface area contributed by atoms with Crippen molar-refractivity contribution in [1.82, 2.24) is 10.6 Å². The zero-order valence-corrected chi connectivity index (χ0v) is 16.3. The predicted octanol–water partition coefficient (Wildman–Crippen LogP) is 1.85. The second-order valence-corrected chi connectivity index (χ2v) is 9.03. The lowest BCUT2D eigenvalue weighted by Gasteiger charge is -2.27. The van der Waals surface area contributed by atoms with Crippen LogP contribution in [0.3, 0.4) is 0 Å². The van der Waals surface area contributed by atoms with Gasteiger partial charge in [-0.15, -0.1) is 0 Å². The van der Waals surface area contributed by atoms with E-state index in [9.17, 15) is 13.5 Å². The molecule has 1 aliphatic carbocycles. The smallest absolute Gasteiger partial charge is 0.191 e. The maximum Gasteiger partial charge on any atom is 0.191 e.